The number of carbonyl (C=O) groups is 3. The number of nitrogens with two attached hydrogens (primary N) is 1. The van der Waals surface area contributed by atoms with Gasteiger partial charge in [-0.15, -0.1) is 0 Å². The lowest BCUT2D eigenvalue weighted by Gasteiger charge is -2.36. The number of carboxylic acids is 1. The number of hydrogen-bond donors (Lipinski definition) is 6. The number of allylic oxidation sites excluding steroid dienone is 8. The third-order valence-electron chi connectivity index (χ3n) is 9.53. The van der Waals surface area contributed by atoms with E-state index in [0.717, 1.165) is 51.4 Å². The number of aliphatic carboxylic acids is 1. The summed E-state index contributed by atoms with van der Waals surface area (Å²) >= 11 is 0. The molecule has 0 aliphatic carbocycles. The zero-order valence-electron chi connectivity index (χ0n) is 35.8. The second-order valence-electron chi connectivity index (χ2n) is 15.0. The first-order valence-electron chi connectivity index (χ1n) is 21.7. The normalized spacial score (nSPS) is 21.2. The Hall–Kier alpha value is -2.98. The van der Waals surface area contributed by atoms with Gasteiger partial charge in [-0.25, -0.2) is 4.57 Å². The van der Waals surface area contributed by atoms with Crippen LogP contribution in [0, 0.1) is 5.92 Å². The Kier molecular flexibility index (Phi) is 31.7. The van der Waals surface area contributed by atoms with Crippen LogP contribution in [-0.2, 0) is 42.2 Å². The largest absolute Gasteiger partial charge is 0.480 e. The SMILES string of the molecule is CCCCC/C=C\C/C=C\C/C=C\CCCCC(=O)O[C@H](COC(=O)CCC/C=C\C[C@H]1[C@@H](O)CC(O)O[C@@H]1/C=C/[C@@H](O)CCCCC)COP(=O)(O)OC[C@H](N)C(=O)O. The van der Waals surface area contributed by atoms with Crippen molar-refractivity contribution in [3.05, 3.63) is 60.8 Å². The summed E-state index contributed by atoms with van der Waals surface area (Å²) in [7, 11) is -4.80. The fourth-order valence-electron chi connectivity index (χ4n) is 5.99. The molecule has 15 nitrogen and oxygen atoms in total. The number of phosphoric acid groups is 1. The number of phosphoric ester groups is 1. The summed E-state index contributed by atoms with van der Waals surface area (Å²) in [4.78, 5) is 46.2. The lowest BCUT2D eigenvalue weighted by atomic mass is 9.87. The number of ether oxygens (including phenoxy) is 3. The Bertz CT molecular complexity index is 1370. The highest BCUT2D eigenvalue weighted by Gasteiger charge is 2.35. The van der Waals surface area contributed by atoms with E-state index >= 15 is 0 Å². The highest BCUT2D eigenvalue weighted by molar-refractivity contribution is 7.47. The minimum atomic E-state index is -4.80. The molecule has 0 amide bonds. The Morgan fingerprint density at radius 2 is 1.37 bits per heavy atom. The zero-order valence-corrected chi connectivity index (χ0v) is 36.7. The number of carbonyl (C=O) groups excluding carboxylic acids is 2. The van der Waals surface area contributed by atoms with Gasteiger partial charge in [-0.3, -0.25) is 23.4 Å². The first kappa shape index (κ1) is 55.0. The van der Waals surface area contributed by atoms with Gasteiger partial charge in [0.1, 0.15) is 12.6 Å². The van der Waals surface area contributed by atoms with Crippen LogP contribution < -0.4 is 5.73 Å². The van der Waals surface area contributed by atoms with Crippen molar-refractivity contribution in [1.29, 1.82) is 0 Å². The van der Waals surface area contributed by atoms with Crippen LogP contribution in [0.4, 0.5) is 0 Å². The van der Waals surface area contributed by atoms with Crippen LogP contribution >= 0.6 is 7.82 Å². The van der Waals surface area contributed by atoms with Crippen molar-refractivity contribution in [1.82, 2.24) is 0 Å². The van der Waals surface area contributed by atoms with Crippen LogP contribution in [0.3, 0.4) is 0 Å². The summed E-state index contributed by atoms with van der Waals surface area (Å²) in [5, 5.41) is 39.8. The zero-order chi connectivity index (χ0) is 44.4. The molecule has 0 aromatic carbocycles. The van der Waals surface area contributed by atoms with E-state index in [9.17, 15) is 39.2 Å². The predicted octanol–water partition coefficient (Wildman–Crippen LogP) is 7.27. The average molecular weight is 872 g/mol. The fourth-order valence-corrected chi connectivity index (χ4v) is 6.77. The minimum Gasteiger partial charge on any atom is -0.480 e. The second-order valence-corrected chi connectivity index (χ2v) is 16.5. The fraction of sp³-hybridized carbons (Fsp3) is 0.705. The third kappa shape index (κ3) is 29.3. The summed E-state index contributed by atoms with van der Waals surface area (Å²) in [6.45, 7) is 2.33. The molecule has 8 atom stereocenters. The molecule has 1 fully saturated rings. The van der Waals surface area contributed by atoms with Gasteiger partial charge in [0.15, 0.2) is 12.4 Å². The summed E-state index contributed by atoms with van der Waals surface area (Å²) in [6.07, 6.45) is 29.1. The van der Waals surface area contributed by atoms with E-state index in [1.54, 1.807) is 12.2 Å². The van der Waals surface area contributed by atoms with E-state index in [4.69, 9.17) is 29.6 Å². The van der Waals surface area contributed by atoms with E-state index < -0.39 is 82.3 Å². The number of unbranched alkanes of at least 4 members (excludes halogenated alkanes) is 8. The molecule has 0 radical (unpaired) electrons. The third-order valence-corrected chi connectivity index (χ3v) is 10.5. The predicted molar refractivity (Wildman–Crippen MR) is 229 cm³/mol. The summed E-state index contributed by atoms with van der Waals surface area (Å²) in [5.41, 5.74) is 5.32. The Morgan fingerprint density at radius 3 is 2.03 bits per heavy atom. The molecule has 60 heavy (non-hydrogen) atoms. The molecule has 0 bridgehead atoms. The molecule has 1 rings (SSSR count). The minimum absolute atomic E-state index is 0.0165. The number of rotatable bonds is 35. The monoisotopic (exact) mass is 871 g/mol. The van der Waals surface area contributed by atoms with Crippen molar-refractivity contribution >= 4 is 25.7 Å². The summed E-state index contributed by atoms with van der Waals surface area (Å²) < 4.78 is 38.2. The van der Waals surface area contributed by atoms with Crippen molar-refractivity contribution in [2.24, 2.45) is 11.7 Å². The van der Waals surface area contributed by atoms with Crippen LogP contribution in [-0.4, -0.2) is 99.8 Å². The van der Waals surface area contributed by atoms with Gasteiger partial charge in [0.25, 0.3) is 0 Å². The van der Waals surface area contributed by atoms with Crippen LogP contribution in [0.2, 0.25) is 0 Å². The second kappa shape index (κ2) is 34.6. The molecule has 1 aliphatic rings. The molecule has 0 saturated carbocycles. The number of aliphatic hydroxyl groups is 3. The lowest BCUT2D eigenvalue weighted by molar-refractivity contribution is -0.199. The highest BCUT2D eigenvalue weighted by Crippen LogP contribution is 2.43. The molecule has 0 aromatic heterocycles. The topological polar surface area (TPSA) is 242 Å². The van der Waals surface area contributed by atoms with Crippen molar-refractivity contribution in [2.45, 2.75) is 173 Å². The van der Waals surface area contributed by atoms with Crippen LogP contribution in [0.25, 0.3) is 0 Å². The van der Waals surface area contributed by atoms with Crippen LogP contribution in [0.15, 0.2) is 60.8 Å². The number of aliphatic hydroxyl groups excluding tert-OH is 3. The van der Waals surface area contributed by atoms with E-state index in [0.29, 0.717) is 32.1 Å². The number of carboxylic acid groups (broad SMARTS) is 1. The van der Waals surface area contributed by atoms with Crippen molar-refractivity contribution in [3.8, 4) is 0 Å². The Labute approximate surface area is 357 Å². The van der Waals surface area contributed by atoms with Gasteiger partial charge in [0.2, 0.25) is 0 Å². The van der Waals surface area contributed by atoms with Gasteiger partial charge < -0.3 is 45.3 Å². The molecule has 7 N–H and O–H groups in total. The first-order chi connectivity index (χ1) is 28.8. The maximum atomic E-state index is 12.7. The molecule has 2 unspecified atom stereocenters. The molecular weight excluding hydrogens is 797 g/mol. The van der Waals surface area contributed by atoms with Crippen molar-refractivity contribution in [3.63, 3.8) is 0 Å². The molecule has 1 heterocycles. The van der Waals surface area contributed by atoms with Crippen LogP contribution in [0.1, 0.15) is 136 Å². The molecule has 16 heteroatoms. The molecule has 0 aromatic rings. The van der Waals surface area contributed by atoms with Gasteiger partial charge in [0, 0.05) is 25.2 Å². The quantitative estimate of drug-likeness (QED) is 0.0159. The van der Waals surface area contributed by atoms with E-state index in [2.05, 4.69) is 54.8 Å². The maximum absolute atomic E-state index is 12.7. The maximum Gasteiger partial charge on any atom is 0.472 e. The van der Waals surface area contributed by atoms with Gasteiger partial charge >= 0.3 is 25.7 Å². The summed E-state index contributed by atoms with van der Waals surface area (Å²) in [5.74, 6) is -3.01. The molecular formula is C44H74NO14P. The molecule has 0 spiro atoms. The lowest BCUT2D eigenvalue weighted by Crippen LogP contribution is -2.43. The Morgan fingerprint density at radius 1 is 0.783 bits per heavy atom. The smallest absolute Gasteiger partial charge is 0.472 e. The molecule has 1 aliphatic heterocycles. The highest BCUT2D eigenvalue weighted by atomic mass is 31.2. The van der Waals surface area contributed by atoms with E-state index in [1.807, 2.05) is 12.2 Å². The van der Waals surface area contributed by atoms with Gasteiger partial charge in [-0.2, -0.15) is 0 Å². The van der Waals surface area contributed by atoms with Crippen LogP contribution in [0.5, 0.6) is 0 Å². The van der Waals surface area contributed by atoms with Gasteiger partial charge in [-0.1, -0.05) is 107 Å². The number of hydrogen-bond acceptors (Lipinski definition) is 13. The van der Waals surface area contributed by atoms with Crippen molar-refractivity contribution < 1.29 is 67.5 Å². The average Bonchev–Trinajstić information content (AvgIpc) is 3.20. The summed E-state index contributed by atoms with van der Waals surface area (Å²) in [6, 6.07) is -1.57. The van der Waals surface area contributed by atoms with E-state index in [-0.39, 0.29) is 25.2 Å². The van der Waals surface area contributed by atoms with Crippen molar-refractivity contribution in [2.75, 3.05) is 19.8 Å². The standard InChI is InChI=1S/C44H74NO14P/c1-3-5-7-8-9-10-11-12-13-14-15-16-17-18-24-28-42(49)58-36(33-56-60(53,54)57-34-38(45)44(51)52)32-55-41(48)27-23-20-19-22-26-37-39(47)31-43(50)59-40(37)30-29-35(46)25-21-6-4-2/h9-10,12-13,15-16,19,22,29-30,35-40,43,46-47,50H,3-8,11,14,17-18,20-21,23-28,31-34,45H2,1-2H3,(H,51,52)(H,53,54)/b10-9-,13-12-,16-15-,22-19-,30-29+/t35-,36+,37-,38-,39-,40+,43?/m0/s1. The molecule has 1 saturated heterocycles. The Balaban J connectivity index is 2.58. The van der Waals surface area contributed by atoms with Gasteiger partial charge in [0.05, 0.1) is 31.5 Å². The van der Waals surface area contributed by atoms with Gasteiger partial charge in [-0.05, 0) is 70.6 Å². The first-order valence-corrected chi connectivity index (χ1v) is 23.2. The molecule has 344 valence electrons. The van der Waals surface area contributed by atoms with E-state index in [1.165, 1.54) is 19.3 Å². The number of esters is 2.